The first-order valence-electron chi connectivity index (χ1n) is 13.5. The second kappa shape index (κ2) is 17.6. The molecule has 0 aliphatic rings. The van der Waals surface area contributed by atoms with Gasteiger partial charge in [-0.1, -0.05) is 102 Å². The van der Waals surface area contributed by atoms with Crippen LogP contribution in [0.4, 0.5) is 5.69 Å². The first-order chi connectivity index (χ1) is 17.1. The number of nitrogens with one attached hydrogen (secondary N) is 2. The van der Waals surface area contributed by atoms with Crippen LogP contribution in [-0.4, -0.2) is 18.4 Å². The number of hydrogen-bond acceptors (Lipinski definition) is 3. The number of amides is 2. The number of carbonyl (C=O) groups excluding carboxylic acids is 2. The van der Waals surface area contributed by atoms with Gasteiger partial charge in [0.15, 0.2) is 6.61 Å². The third-order valence-electron chi connectivity index (χ3n) is 6.25. The molecule has 5 heteroatoms. The maximum absolute atomic E-state index is 12.2. The van der Waals surface area contributed by atoms with E-state index in [2.05, 4.69) is 18.3 Å². The number of hydrogen-bond donors (Lipinski definition) is 1. The molecule has 0 bridgehead atoms. The van der Waals surface area contributed by atoms with Crippen LogP contribution >= 0.6 is 0 Å². The lowest BCUT2D eigenvalue weighted by Crippen LogP contribution is -2.20. The molecule has 0 spiro atoms. The van der Waals surface area contributed by atoms with Crippen LogP contribution < -0.4 is 15.8 Å². The first-order valence-corrected chi connectivity index (χ1v) is 13.5. The number of benzene rings is 2. The minimum absolute atomic E-state index is 0.110. The molecule has 2 aromatic rings. The normalized spacial score (nSPS) is 10.8. The van der Waals surface area contributed by atoms with Crippen LogP contribution in [0.5, 0.6) is 5.75 Å². The summed E-state index contributed by atoms with van der Waals surface area (Å²) < 4.78 is 5.66. The summed E-state index contributed by atoms with van der Waals surface area (Å²) >= 11 is 0. The van der Waals surface area contributed by atoms with Crippen LogP contribution in [0.1, 0.15) is 106 Å². The van der Waals surface area contributed by atoms with Crippen molar-refractivity contribution in [3.8, 4) is 5.75 Å². The summed E-state index contributed by atoms with van der Waals surface area (Å²) in [5.74, 6) is -0.401. The van der Waals surface area contributed by atoms with Crippen LogP contribution in [0.3, 0.4) is 0 Å². The van der Waals surface area contributed by atoms with Crippen molar-refractivity contribution in [1.29, 1.82) is 0 Å². The molecular weight excluding hydrogens is 436 g/mol. The number of aryl methyl sites for hydroxylation is 1. The Balaban J connectivity index is 1.55. The predicted octanol–water partition coefficient (Wildman–Crippen LogP) is 7.76. The zero-order valence-corrected chi connectivity index (χ0v) is 21.5. The fraction of sp³-hybridized carbons (Fsp3) is 0.533. The molecule has 2 amide bonds. The highest BCUT2D eigenvalue weighted by molar-refractivity contribution is 5.96. The van der Waals surface area contributed by atoms with Gasteiger partial charge >= 0.3 is 0 Å². The Bertz CT molecular complexity index is 881. The molecule has 0 saturated carbocycles. The third kappa shape index (κ3) is 13.0. The molecule has 0 atom stereocenters. The van der Waals surface area contributed by atoms with Gasteiger partial charge < -0.3 is 10.1 Å². The molecular formula is C30H43N2O3. The van der Waals surface area contributed by atoms with Crippen molar-refractivity contribution in [2.45, 2.75) is 96.8 Å². The van der Waals surface area contributed by atoms with Crippen LogP contribution in [0.25, 0.3) is 0 Å². The van der Waals surface area contributed by atoms with Gasteiger partial charge in [0.1, 0.15) is 5.75 Å². The molecule has 0 aliphatic carbocycles. The standard InChI is InChI=1S/C30H43N2O3/c1-2-3-4-5-6-7-8-9-10-11-12-13-14-17-25-18-15-21-28(22-25)35-24-29(33)32-27-20-16-19-26(23-27)30(31)34/h15-16,18-23,31H,2-14,17,24H2,1H3,(H,32,33). The molecule has 0 saturated heterocycles. The lowest BCUT2D eigenvalue weighted by Gasteiger charge is -2.09. The quantitative estimate of drug-likeness (QED) is 0.209. The van der Waals surface area contributed by atoms with E-state index in [9.17, 15) is 9.59 Å². The van der Waals surface area contributed by atoms with Gasteiger partial charge in [-0.25, -0.2) is 0 Å². The van der Waals surface area contributed by atoms with Crippen LogP contribution in [0, 0.1) is 0 Å². The molecule has 2 aromatic carbocycles. The predicted molar refractivity (Wildman–Crippen MR) is 144 cm³/mol. The Morgan fingerprint density at radius 3 is 2.00 bits per heavy atom. The van der Waals surface area contributed by atoms with E-state index < -0.39 is 5.91 Å². The van der Waals surface area contributed by atoms with Gasteiger partial charge in [-0.05, 0) is 48.7 Å². The van der Waals surface area contributed by atoms with Crippen molar-refractivity contribution in [1.82, 2.24) is 5.73 Å². The summed E-state index contributed by atoms with van der Waals surface area (Å²) in [5, 5.41) is 2.70. The molecule has 0 aromatic heterocycles. The second-order valence-electron chi connectivity index (χ2n) is 9.39. The van der Waals surface area contributed by atoms with E-state index in [1.54, 1.807) is 18.2 Å². The van der Waals surface area contributed by atoms with E-state index in [0.717, 1.165) is 6.42 Å². The first kappa shape index (κ1) is 28.4. The number of rotatable bonds is 19. The van der Waals surface area contributed by atoms with Gasteiger partial charge in [0, 0.05) is 11.3 Å². The fourth-order valence-corrected chi connectivity index (χ4v) is 4.22. The van der Waals surface area contributed by atoms with E-state index in [1.807, 2.05) is 18.2 Å². The molecule has 35 heavy (non-hydrogen) atoms. The van der Waals surface area contributed by atoms with Crippen LogP contribution in [0.15, 0.2) is 48.5 Å². The summed E-state index contributed by atoms with van der Waals surface area (Å²) in [4.78, 5) is 23.4. The molecule has 1 radical (unpaired) electrons. The van der Waals surface area contributed by atoms with Gasteiger partial charge in [-0.2, -0.15) is 0 Å². The monoisotopic (exact) mass is 479 g/mol. The zero-order chi connectivity index (χ0) is 25.1. The number of ether oxygens (including phenoxy) is 1. The average Bonchev–Trinajstić information content (AvgIpc) is 2.86. The van der Waals surface area contributed by atoms with Crippen LogP contribution in [0.2, 0.25) is 0 Å². The van der Waals surface area contributed by atoms with Gasteiger partial charge in [0.25, 0.3) is 11.8 Å². The van der Waals surface area contributed by atoms with Crippen molar-refractivity contribution in [2.75, 3.05) is 11.9 Å². The smallest absolute Gasteiger partial charge is 0.269 e. The third-order valence-corrected chi connectivity index (χ3v) is 6.25. The van der Waals surface area contributed by atoms with E-state index in [0.29, 0.717) is 11.4 Å². The van der Waals surface area contributed by atoms with E-state index in [1.165, 1.54) is 95.1 Å². The second-order valence-corrected chi connectivity index (χ2v) is 9.39. The Kier molecular flexibility index (Phi) is 14.3. The highest BCUT2D eigenvalue weighted by Gasteiger charge is 2.07. The van der Waals surface area contributed by atoms with Crippen molar-refractivity contribution in [3.05, 3.63) is 59.7 Å². The topological polar surface area (TPSA) is 79.2 Å². The maximum Gasteiger partial charge on any atom is 0.269 e. The summed E-state index contributed by atoms with van der Waals surface area (Å²) in [6.45, 7) is 2.16. The molecule has 0 fully saturated rings. The molecule has 0 heterocycles. The van der Waals surface area contributed by atoms with E-state index in [-0.39, 0.29) is 18.1 Å². The average molecular weight is 480 g/mol. The summed E-state index contributed by atoms with van der Waals surface area (Å²) in [7, 11) is 0. The lowest BCUT2D eigenvalue weighted by molar-refractivity contribution is -0.118. The summed E-state index contributed by atoms with van der Waals surface area (Å²) in [6.07, 6.45) is 18.6. The number of carbonyl (C=O) groups is 2. The molecule has 5 nitrogen and oxygen atoms in total. The summed E-state index contributed by atoms with van der Waals surface area (Å²) in [6, 6.07) is 14.3. The number of anilines is 1. The highest BCUT2D eigenvalue weighted by Crippen LogP contribution is 2.17. The molecule has 0 aliphatic heterocycles. The van der Waals surface area contributed by atoms with Crippen molar-refractivity contribution in [2.24, 2.45) is 0 Å². The highest BCUT2D eigenvalue weighted by atomic mass is 16.5. The van der Waals surface area contributed by atoms with E-state index in [4.69, 9.17) is 10.5 Å². The van der Waals surface area contributed by atoms with Crippen LogP contribution in [-0.2, 0) is 11.2 Å². The van der Waals surface area contributed by atoms with Gasteiger partial charge in [0.2, 0.25) is 0 Å². The van der Waals surface area contributed by atoms with Crippen molar-refractivity contribution in [3.63, 3.8) is 0 Å². The largest absolute Gasteiger partial charge is 0.484 e. The summed E-state index contributed by atoms with van der Waals surface area (Å²) in [5.41, 5.74) is 9.12. The molecule has 2 rings (SSSR count). The van der Waals surface area contributed by atoms with Gasteiger partial charge in [0.05, 0.1) is 0 Å². The SMILES string of the molecule is CCCCCCCCCCCCCCCc1cccc(OCC(=O)Nc2cccc(C([NH])=O)c2)c1. The Morgan fingerprint density at radius 1 is 0.771 bits per heavy atom. The van der Waals surface area contributed by atoms with Gasteiger partial charge in [-0.3, -0.25) is 15.3 Å². The van der Waals surface area contributed by atoms with Crippen molar-refractivity contribution < 1.29 is 14.3 Å². The Hall–Kier alpha value is -2.82. The maximum atomic E-state index is 12.2. The minimum Gasteiger partial charge on any atom is -0.484 e. The van der Waals surface area contributed by atoms with Crippen molar-refractivity contribution >= 4 is 17.5 Å². The van der Waals surface area contributed by atoms with E-state index >= 15 is 0 Å². The fourth-order valence-electron chi connectivity index (χ4n) is 4.22. The Morgan fingerprint density at radius 2 is 1.37 bits per heavy atom. The lowest BCUT2D eigenvalue weighted by atomic mass is 10.0. The molecule has 191 valence electrons. The zero-order valence-electron chi connectivity index (χ0n) is 21.5. The molecule has 0 unspecified atom stereocenters. The molecule has 2 N–H and O–H groups in total. The van der Waals surface area contributed by atoms with Gasteiger partial charge in [-0.15, -0.1) is 0 Å². The minimum atomic E-state index is -0.780. The number of unbranched alkanes of at least 4 members (excludes halogenated alkanes) is 12. The Labute approximate surface area is 211 Å².